The molecule has 1 aliphatic rings. The van der Waals surface area contributed by atoms with Crippen molar-refractivity contribution >= 4 is 0 Å². The zero-order valence-corrected chi connectivity index (χ0v) is 12.9. The molecule has 106 valence electrons. The van der Waals surface area contributed by atoms with E-state index >= 15 is 0 Å². The topological polar surface area (TPSA) is 29.3 Å². The third kappa shape index (κ3) is 3.18. The highest BCUT2D eigenvalue weighted by atomic mass is 15.2. The van der Waals surface area contributed by atoms with Crippen molar-refractivity contribution in [3.8, 4) is 0 Å². The molecule has 0 aromatic heterocycles. The van der Waals surface area contributed by atoms with E-state index in [2.05, 4.69) is 50.8 Å². The number of aryl methyl sites for hydroxylation is 1. The van der Waals surface area contributed by atoms with Crippen LogP contribution < -0.4 is 5.73 Å². The minimum absolute atomic E-state index is 0.385. The monoisotopic (exact) mass is 260 g/mol. The maximum absolute atomic E-state index is 6.08. The summed E-state index contributed by atoms with van der Waals surface area (Å²) in [6, 6.07) is 6.98. The number of benzene rings is 1. The molecule has 1 unspecified atom stereocenters. The van der Waals surface area contributed by atoms with Crippen LogP contribution in [-0.2, 0) is 0 Å². The van der Waals surface area contributed by atoms with Crippen molar-refractivity contribution in [2.75, 3.05) is 19.6 Å². The molecule has 2 heteroatoms. The Morgan fingerprint density at radius 3 is 2.42 bits per heavy atom. The fraction of sp³-hybridized carbons (Fsp3) is 0.647. The fourth-order valence-corrected chi connectivity index (χ4v) is 3.05. The normalized spacial score (nSPS) is 21.3. The predicted octanol–water partition coefficient (Wildman–Crippen LogP) is 3.43. The fourth-order valence-electron chi connectivity index (χ4n) is 3.05. The summed E-state index contributed by atoms with van der Waals surface area (Å²) >= 11 is 0. The van der Waals surface area contributed by atoms with Gasteiger partial charge in [0, 0.05) is 12.6 Å². The largest absolute Gasteiger partial charge is 0.329 e. The van der Waals surface area contributed by atoms with E-state index in [4.69, 9.17) is 5.73 Å². The van der Waals surface area contributed by atoms with E-state index in [1.165, 1.54) is 42.6 Å². The number of hydrogen-bond donors (Lipinski definition) is 1. The minimum atomic E-state index is 0.385. The Hall–Kier alpha value is -0.860. The van der Waals surface area contributed by atoms with Gasteiger partial charge in [-0.15, -0.1) is 0 Å². The molecule has 19 heavy (non-hydrogen) atoms. The van der Waals surface area contributed by atoms with Crippen LogP contribution in [0.3, 0.4) is 0 Å². The third-order valence-electron chi connectivity index (χ3n) is 4.82. The average molecular weight is 260 g/mol. The van der Waals surface area contributed by atoms with Crippen LogP contribution in [0.4, 0.5) is 0 Å². The quantitative estimate of drug-likeness (QED) is 0.902. The Morgan fingerprint density at radius 2 is 1.84 bits per heavy atom. The van der Waals surface area contributed by atoms with Crippen molar-refractivity contribution < 1.29 is 0 Å². The molecule has 1 saturated heterocycles. The second kappa shape index (κ2) is 5.64. The SMILES string of the molecule is Cc1cccc(C(CN)N2CCC(C)(C)CC2)c1C. The van der Waals surface area contributed by atoms with Gasteiger partial charge in [-0.05, 0) is 61.9 Å². The summed E-state index contributed by atoms with van der Waals surface area (Å²) in [5.74, 6) is 0. The Bertz CT molecular complexity index is 427. The average Bonchev–Trinajstić information content (AvgIpc) is 2.37. The molecule has 0 spiro atoms. The highest BCUT2D eigenvalue weighted by molar-refractivity contribution is 5.35. The summed E-state index contributed by atoms with van der Waals surface area (Å²) in [5, 5.41) is 0. The molecule has 2 rings (SSSR count). The molecule has 0 aliphatic carbocycles. The lowest BCUT2D eigenvalue weighted by Crippen LogP contribution is -2.42. The minimum Gasteiger partial charge on any atom is -0.329 e. The Labute approximate surface area is 118 Å². The van der Waals surface area contributed by atoms with Gasteiger partial charge in [-0.3, -0.25) is 4.90 Å². The van der Waals surface area contributed by atoms with Crippen molar-refractivity contribution in [2.24, 2.45) is 11.1 Å². The van der Waals surface area contributed by atoms with Crippen LogP contribution in [0.5, 0.6) is 0 Å². The molecule has 1 heterocycles. The first kappa shape index (κ1) is 14.5. The summed E-state index contributed by atoms with van der Waals surface area (Å²) < 4.78 is 0. The van der Waals surface area contributed by atoms with E-state index in [1.54, 1.807) is 0 Å². The first-order valence-electron chi connectivity index (χ1n) is 7.45. The predicted molar refractivity (Wildman–Crippen MR) is 82.3 cm³/mol. The van der Waals surface area contributed by atoms with Crippen LogP contribution in [0, 0.1) is 19.3 Å². The van der Waals surface area contributed by atoms with Crippen LogP contribution in [0.25, 0.3) is 0 Å². The lowest BCUT2D eigenvalue weighted by atomic mass is 9.81. The first-order valence-corrected chi connectivity index (χ1v) is 7.45. The number of nitrogens with zero attached hydrogens (tertiary/aromatic N) is 1. The summed E-state index contributed by atoms with van der Waals surface area (Å²) in [6.45, 7) is 12.2. The molecule has 0 saturated carbocycles. The van der Waals surface area contributed by atoms with Crippen LogP contribution in [0.15, 0.2) is 18.2 Å². The number of hydrogen-bond acceptors (Lipinski definition) is 2. The van der Waals surface area contributed by atoms with Gasteiger partial charge in [-0.1, -0.05) is 32.0 Å². The van der Waals surface area contributed by atoms with Gasteiger partial charge >= 0.3 is 0 Å². The van der Waals surface area contributed by atoms with Crippen LogP contribution in [-0.4, -0.2) is 24.5 Å². The lowest BCUT2D eigenvalue weighted by molar-refractivity contribution is 0.0961. The van der Waals surface area contributed by atoms with Gasteiger partial charge in [0.05, 0.1) is 0 Å². The van der Waals surface area contributed by atoms with Gasteiger partial charge in [0.1, 0.15) is 0 Å². The van der Waals surface area contributed by atoms with E-state index in [0.29, 0.717) is 18.0 Å². The van der Waals surface area contributed by atoms with Gasteiger partial charge in [-0.25, -0.2) is 0 Å². The summed E-state index contributed by atoms with van der Waals surface area (Å²) in [5.41, 5.74) is 10.8. The lowest BCUT2D eigenvalue weighted by Gasteiger charge is -2.41. The van der Waals surface area contributed by atoms with E-state index in [0.717, 1.165) is 0 Å². The highest BCUT2D eigenvalue weighted by Gasteiger charge is 2.29. The number of piperidine rings is 1. The van der Waals surface area contributed by atoms with Crippen LogP contribution in [0.2, 0.25) is 0 Å². The van der Waals surface area contributed by atoms with Gasteiger partial charge < -0.3 is 5.73 Å². The smallest absolute Gasteiger partial charge is 0.0473 e. The van der Waals surface area contributed by atoms with E-state index in [1.807, 2.05) is 0 Å². The van der Waals surface area contributed by atoms with E-state index < -0.39 is 0 Å². The van der Waals surface area contributed by atoms with E-state index in [-0.39, 0.29) is 0 Å². The molecule has 2 N–H and O–H groups in total. The third-order valence-corrected chi connectivity index (χ3v) is 4.82. The molecule has 1 fully saturated rings. The molecule has 1 atom stereocenters. The molecule has 2 nitrogen and oxygen atoms in total. The molecule has 1 aliphatic heterocycles. The van der Waals surface area contributed by atoms with Gasteiger partial charge in [0.25, 0.3) is 0 Å². The highest BCUT2D eigenvalue weighted by Crippen LogP contribution is 2.34. The van der Waals surface area contributed by atoms with Crippen molar-refractivity contribution in [3.63, 3.8) is 0 Å². The zero-order valence-electron chi connectivity index (χ0n) is 12.9. The van der Waals surface area contributed by atoms with Crippen molar-refractivity contribution in [2.45, 2.75) is 46.6 Å². The molecule has 0 bridgehead atoms. The van der Waals surface area contributed by atoms with Gasteiger partial charge in [0.2, 0.25) is 0 Å². The number of rotatable bonds is 3. The van der Waals surface area contributed by atoms with Crippen LogP contribution in [0.1, 0.15) is 49.4 Å². The maximum atomic E-state index is 6.08. The van der Waals surface area contributed by atoms with Crippen molar-refractivity contribution in [3.05, 3.63) is 34.9 Å². The number of nitrogens with two attached hydrogens (primary N) is 1. The van der Waals surface area contributed by atoms with E-state index in [9.17, 15) is 0 Å². The van der Waals surface area contributed by atoms with Crippen molar-refractivity contribution in [1.29, 1.82) is 0 Å². The Balaban J connectivity index is 2.19. The number of likely N-dealkylation sites (tertiary alicyclic amines) is 1. The molecule has 0 amide bonds. The molecule has 0 radical (unpaired) electrons. The standard InChI is InChI=1S/C17H28N2/c1-13-6-5-7-15(14(13)2)16(12-18)19-10-8-17(3,4)9-11-19/h5-7,16H,8-12,18H2,1-4H3. The Kier molecular flexibility index (Phi) is 4.32. The summed E-state index contributed by atoms with van der Waals surface area (Å²) in [4.78, 5) is 2.58. The van der Waals surface area contributed by atoms with Gasteiger partial charge in [0.15, 0.2) is 0 Å². The first-order chi connectivity index (χ1) is 8.94. The van der Waals surface area contributed by atoms with Crippen LogP contribution >= 0.6 is 0 Å². The molecular weight excluding hydrogens is 232 g/mol. The molecule has 1 aromatic rings. The molecular formula is C17H28N2. The second-order valence-corrected chi connectivity index (χ2v) is 6.74. The van der Waals surface area contributed by atoms with Gasteiger partial charge in [-0.2, -0.15) is 0 Å². The maximum Gasteiger partial charge on any atom is 0.0473 e. The Morgan fingerprint density at radius 1 is 1.21 bits per heavy atom. The van der Waals surface area contributed by atoms with Crippen molar-refractivity contribution in [1.82, 2.24) is 4.90 Å². The summed E-state index contributed by atoms with van der Waals surface area (Å²) in [7, 11) is 0. The summed E-state index contributed by atoms with van der Waals surface area (Å²) in [6.07, 6.45) is 2.54. The molecule has 1 aromatic carbocycles. The zero-order chi connectivity index (χ0) is 14.0. The second-order valence-electron chi connectivity index (χ2n) is 6.74.